The fourth-order valence-corrected chi connectivity index (χ4v) is 1.68. The van der Waals surface area contributed by atoms with Crippen molar-refractivity contribution in [3.8, 4) is 5.75 Å². The van der Waals surface area contributed by atoms with Crippen LogP contribution in [0.4, 0.5) is 5.69 Å². The van der Waals surface area contributed by atoms with E-state index in [4.69, 9.17) is 4.74 Å². The standard InChI is InChI=1S/C11H13NO4/c1-16-10-6-8(7-11(13)4-5-11)2-3-9(10)12(14)15/h2-3,6,13H,4-5,7H2,1H3. The van der Waals surface area contributed by atoms with Crippen LogP contribution in [0.2, 0.25) is 0 Å². The number of benzene rings is 1. The maximum absolute atomic E-state index is 10.7. The highest BCUT2D eigenvalue weighted by Gasteiger charge is 2.40. The first kappa shape index (κ1) is 10.9. The molecule has 2 rings (SSSR count). The monoisotopic (exact) mass is 223 g/mol. The second-order valence-corrected chi connectivity index (χ2v) is 4.16. The molecule has 1 fully saturated rings. The average molecular weight is 223 g/mol. The maximum Gasteiger partial charge on any atom is 0.310 e. The van der Waals surface area contributed by atoms with Crippen LogP contribution in [0.1, 0.15) is 18.4 Å². The second kappa shape index (κ2) is 3.75. The molecule has 5 nitrogen and oxygen atoms in total. The van der Waals surface area contributed by atoms with Gasteiger partial charge in [0.2, 0.25) is 0 Å². The molecule has 1 aliphatic carbocycles. The SMILES string of the molecule is COc1cc(CC2(O)CC2)ccc1[N+](=O)[O-]. The molecule has 0 aromatic heterocycles. The van der Waals surface area contributed by atoms with Crippen molar-refractivity contribution in [3.63, 3.8) is 0 Å². The Morgan fingerprint density at radius 2 is 2.25 bits per heavy atom. The molecule has 0 spiro atoms. The van der Waals surface area contributed by atoms with Crippen molar-refractivity contribution in [3.05, 3.63) is 33.9 Å². The van der Waals surface area contributed by atoms with E-state index >= 15 is 0 Å². The fraction of sp³-hybridized carbons (Fsp3) is 0.455. The number of methoxy groups -OCH3 is 1. The van der Waals surface area contributed by atoms with Gasteiger partial charge in [-0.15, -0.1) is 0 Å². The Kier molecular flexibility index (Phi) is 2.55. The van der Waals surface area contributed by atoms with Gasteiger partial charge in [-0.3, -0.25) is 10.1 Å². The summed E-state index contributed by atoms with van der Waals surface area (Å²) in [5, 5.41) is 20.4. The molecular weight excluding hydrogens is 210 g/mol. The van der Waals surface area contributed by atoms with Crippen molar-refractivity contribution in [2.24, 2.45) is 0 Å². The van der Waals surface area contributed by atoms with Crippen molar-refractivity contribution in [2.75, 3.05) is 7.11 Å². The lowest BCUT2D eigenvalue weighted by Gasteiger charge is -2.09. The van der Waals surface area contributed by atoms with Crippen molar-refractivity contribution < 1.29 is 14.8 Å². The lowest BCUT2D eigenvalue weighted by molar-refractivity contribution is -0.385. The second-order valence-electron chi connectivity index (χ2n) is 4.16. The van der Waals surface area contributed by atoms with Gasteiger partial charge in [0.05, 0.1) is 17.6 Å². The van der Waals surface area contributed by atoms with Crippen molar-refractivity contribution in [1.82, 2.24) is 0 Å². The number of hydrogen-bond donors (Lipinski definition) is 1. The lowest BCUT2D eigenvalue weighted by atomic mass is 10.1. The van der Waals surface area contributed by atoms with E-state index in [0.717, 1.165) is 18.4 Å². The third-order valence-corrected chi connectivity index (χ3v) is 2.80. The van der Waals surface area contributed by atoms with Crippen molar-refractivity contribution in [2.45, 2.75) is 24.9 Å². The molecule has 0 radical (unpaired) electrons. The van der Waals surface area contributed by atoms with E-state index in [9.17, 15) is 15.2 Å². The Balaban J connectivity index is 2.25. The predicted molar refractivity (Wildman–Crippen MR) is 57.5 cm³/mol. The third-order valence-electron chi connectivity index (χ3n) is 2.80. The molecule has 0 atom stereocenters. The zero-order valence-corrected chi connectivity index (χ0v) is 8.97. The first-order valence-corrected chi connectivity index (χ1v) is 5.08. The molecule has 1 N–H and O–H groups in total. The van der Waals surface area contributed by atoms with Crippen LogP contribution in [0, 0.1) is 10.1 Å². The minimum Gasteiger partial charge on any atom is -0.490 e. The number of rotatable bonds is 4. The van der Waals surface area contributed by atoms with Gasteiger partial charge in [-0.1, -0.05) is 6.07 Å². The highest BCUT2D eigenvalue weighted by molar-refractivity contribution is 5.48. The van der Waals surface area contributed by atoms with Gasteiger partial charge < -0.3 is 9.84 Å². The zero-order chi connectivity index (χ0) is 11.8. The van der Waals surface area contributed by atoms with Crippen LogP contribution in [-0.2, 0) is 6.42 Å². The molecule has 0 aliphatic heterocycles. The first-order chi connectivity index (χ1) is 7.54. The summed E-state index contributed by atoms with van der Waals surface area (Å²) in [7, 11) is 1.40. The highest BCUT2D eigenvalue weighted by Crippen LogP contribution is 2.39. The summed E-state index contributed by atoms with van der Waals surface area (Å²) >= 11 is 0. The van der Waals surface area contributed by atoms with Gasteiger partial charge in [0, 0.05) is 12.5 Å². The predicted octanol–water partition coefficient (Wildman–Crippen LogP) is 1.67. The maximum atomic E-state index is 10.7. The molecule has 0 heterocycles. The fourth-order valence-electron chi connectivity index (χ4n) is 1.68. The zero-order valence-electron chi connectivity index (χ0n) is 8.97. The number of aliphatic hydroxyl groups is 1. The van der Waals surface area contributed by atoms with Gasteiger partial charge in [-0.2, -0.15) is 0 Å². The Morgan fingerprint density at radius 3 is 2.75 bits per heavy atom. The number of hydrogen-bond acceptors (Lipinski definition) is 4. The largest absolute Gasteiger partial charge is 0.490 e. The van der Waals surface area contributed by atoms with Gasteiger partial charge in [0.15, 0.2) is 5.75 Å². The summed E-state index contributed by atoms with van der Waals surface area (Å²) in [6.45, 7) is 0. The Hall–Kier alpha value is -1.62. The normalized spacial score (nSPS) is 16.9. The number of nitro benzene ring substituents is 1. The van der Waals surface area contributed by atoms with Crippen molar-refractivity contribution >= 4 is 5.69 Å². The molecule has 1 aromatic carbocycles. The van der Waals surface area contributed by atoms with Crippen LogP contribution in [-0.4, -0.2) is 22.7 Å². The Bertz CT molecular complexity index is 426. The lowest BCUT2D eigenvalue weighted by Crippen LogP contribution is -2.10. The molecule has 16 heavy (non-hydrogen) atoms. The van der Waals surface area contributed by atoms with Gasteiger partial charge in [-0.05, 0) is 24.5 Å². The van der Waals surface area contributed by atoms with E-state index in [-0.39, 0.29) is 11.4 Å². The Morgan fingerprint density at radius 1 is 1.56 bits per heavy atom. The number of nitro groups is 1. The van der Waals surface area contributed by atoms with Crippen LogP contribution < -0.4 is 4.74 Å². The smallest absolute Gasteiger partial charge is 0.310 e. The van der Waals surface area contributed by atoms with Crippen LogP contribution in [0.25, 0.3) is 0 Å². The quantitative estimate of drug-likeness (QED) is 0.622. The van der Waals surface area contributed by atoms with E-state index < -0.39 is 10.5 Å². The van der Waals surface area contributed by atoms with Crippen molar-refractivity contribution in [1.29, 1.82) is 0 Å². The molecular formula is C11H13NO4. The summed E-state index contributed by atoms with van der Waals surface area (Å²) in [5.74, 6) is 0.242. The summed E-state index contributed by atoms with van der Waals surface area (Å²) < 4.78 is 4.96. The average Bonchev–Trinajstić information content (AvgIpc) is 2.95. The molecule has 1 saturated carbocycles. The summed E-state index contributed by atoms with van der Waals surface area (Å²) in [4.78, 5) is 10.2. The molecule has 5 heteroatoms. The van der Waals surface area contributed by atoms with Gasteiger partial charge in [0.1, 0.15) is 0 Å². The Labute approximate surface area is 92.8 Å². The first-order valence-electron chi connectivity index (χ1n) is 5.08. The molecule has 0 saturated heterocycles. The third kappa shape index (κ3) is 2.14. The molecule has 86 valence electrons. The minimum atomic E-state index is -0.596. The summed E-state index contributed by atoms with van der Waals surface area (Å²) in [5.41, 5.74) is 0.220. The van der Waals surface area contributed by atoms with Gasteiger partial charge in [0.25, 0.3) is 0 Å². The highest BCUT2D eigenvalue weighted by atomic mass is 16.6. The number of ether oxygens (including phenoxy) is 1. The molecule has 0 unspecified atom stereocenters. The van der Waals surface area contributed by atoms with E-state index in [1.54, 1.807) is 12.1 Å². The van der Waals surface area contributed by atoms with Crippen LogP contribution >= 0.6 is 0 Å². The molecule has 0 bridgehead atoms. The van der Waals surface area contributed by atoms with Crippen LogP contribution in [0.15, 0.2) is 18.2 Å². The number of nitrogens with zero attached hydrogens (tertiary/aromatic N) is 1. The van der Waals surface area contributed by atoms with Gasteiger partial charge >= 0.3 is 5.69 Å². The van der Waals surface area contributed by atoms with E-state index in [1.165, 1.54) is 13.2 Å². The summed E-state index contributed by atoms with van der Waals surface area (Å²) in [6.07, 6.45) is 2.12. The molecule has 1 aliphatic rings. The van der Waals surface area contributed by atoms with E-state index in [1.807, 2.05) is 0 Å². The molecule has 0 amide bonds. The summed E-state index contributed by atoms with van der Waals surface area (Å²) in [6, 6.07) is 4.70. The van der Waals surface area contributed by atoms with Crippen LogP contribution in [0.5, 0.6) is 5.75 Å². The van der Waals surface area contributed by atoms with E-state index in [2.05, 4.69) is 0 Å². The molecule has 1 aromatic rings. The minimum absolute atomic E-state index is 0.0472. The topological polar surface area (TPSA) is 72.6 Å². The van der Waals surface area contributed by atoms with Gasteiger partial charge in [-0.25, -0.2) is 0 Å². The van der Waals surface area contributed by atoms with E-state index in [0.29, 0.717) is 6.42 Å². The van der Waals surface area contributed by atoms with Crippen LogP contribution in [0.3, 0.4) is 0 Å².